The molecule has 0 aromatic heterocycles. The SMILES string of the molecule is CC(NC(=O)Nc1c(F)cc(F)cc1Br)(C(=O)O)C1CC1. The largest absolute Gasteiger partial charge is 0.480 e. The summed E-state index contributed by atoms with van der Waals surface area (Å²) < 4.78 is 26.6. The maximum Gasteiger partial charge on any atom is 0.329 e. The van der Waals surface area contributed by atoms with Crippen LogP contribution >= 0.6 is 15.9 Å². The molecule has 2 rings (SSSR count). The van der Waals surface area contributed by atoms with Crippen LogP contribution in [-0.4, -0.2) is 22.6 Å². The number of nitrogens with one attached hydrogen (secondary N) is 2. The number of anilines is 1. The summed E-state index contributed by atoms with van der Waals surface area (Å²) in [4.78, 5) is 23.2. The molecule has 0 radical (unpaired) electrons. The van der Waals surface area contributed by atoms with Crippen molar-refractivity contribution in [1.82, 2.24) is 5.32 Å². The van der Waals surface area contributed by atoms with E-state index in [1.165, 1.54) is 6.92 Å². The van der Waals surface area contributed by atoms with Crippen molar-refractivity contribution in [3.05, 3.63) is 28.2 Å². The molecule has 0 bridgehead atoms. The molecule has 1 fully saturated rings. The van der Waals surface area contributed by atoms with Gasteiger partial charge >= 0.3 is 12.0 Å². The van der Waals surface area contributed by atoms with Crippen LogP contribution in [0.4, 0.5) is 19.3 Å². The normalized spacial score (nSPS) is 17.0. The summed E-state index contributed by atoms with van der Waals surface area (Å²) in [7, 11) is 0. The van der Waals surface area contributed by atoms with Gasteiger partial charge in [0.2, 0.25) is 0 Å². The fourth-order valence-corrected chi connectivity index (χ4v) is 2.54. The highest BCUT2D eigenvalue weighted by atomic mass is 79.9. The van der Waals surface area contributed by atoms with Crippen molar-refractivity contribution in [2.24, 2.45) is 5.92 Å². The first-order valence-corrected chi connectivity index (χ1v) is 7.00. The summed E-state index contributed by atoms with van der Waals surface area (Å²) in [5, 5.41) is 13.8. The van der Waals surface area contributed by atoms with E-state index in [9.17, 15) is 23.5 Å². The number of amides is 2. The van der Waals surface area contributed by atoms with Crippen LogP contribution < -0.4 is 10.6 Å². The van der Waals surface area contributed by atoms with E-state index in [0.717, 1.165) is 6.07 Å². The third kappa shape index (κ3) is 3.31. The summed E-state index contributed by atoms with van der Waals surface area (Å²) in [5.41, 5.74) is -1.66. The smallest absolute Gasteiger partial charge is 0.329 e. The zero-order valence-electron chi connectivity index (χ0n) is 11.0. The number of benzene rings is 1. The van der Waals surface area contributed by atoms with Gasteiger partial charge < -0.3 is 15.7 Å². The molecular weight excluding hydrogens is 350 g/mol. The summed E-state index contributed by atoms with van der Waals surface area (Å²) >= 11 is 2.94. The lowest BCUT2D eigenvalue weighted by atomic mass is 9.96. The Morgan fingerprint density at radius 3 is 2.48 bits per heavy atom. The molecule has 0 heterocycles. The summed E-state index contributed by atoms with van der Waals surface area (Å²) in [6.45, 7) is 1.41. The van der Waals surface area contributed by atoms with Crippen molar-refractivity contribution in [1.29, 1.82) is 0 Å². The van der Waals surface area contributed by atoms with Gasteiger partial charge in [-0.05, 0) is 47.7 Å². The van der Waals surface area contributed by atoms with Crippen LogP contribution in [0.1, 0.15) is 19.8 Å². The predicted octanol–water partition coefficient (Wildman–Crippen LogP) is 3.10. The number of rotatable bonds is 4. The molecule has 1 aromatic rings. The van der Waals surface area contributed by atoms with Gasteiger partial charge in [0.25, 0.3) is 0 Å². The van der Waals surface area contributed by atoms with E-state index in [4.69, 9.17) is 0 Å². The zero-order valence-corrected chi connectivity index (χ0v) is 12.6. The lowest BCUT2D eigenvalue weighted by Gasteiger charge is -2.26. The van der Waals surface area contributed by atoms with Crippen LogP contribution in [-0.2, 0) is 4.79 Å². The Labute approximate surface area is 127 Å². The molecule has 8 heteroatoms. The topological polar surface area (TPSA) is 78.4 Å². The van der Waals surface area contributed by atoms with Crippen molar-refractivity contribution in [2.45, 2.75) is 25.3 Å². The standard InChI is InChI=1S/C13H13BrF2N2O3/c1-13(11(19)20,6-2-3-6)18-12(21)17-10-8(14)4-7(15)5-9(10)16/h4-6H,2-3H2,1H3,(H,19,20)(H2,17,18,21). The Bertz CT molecular complexity index is 584. The average molecular weight is 363 g/mol. The minimum atomic E-state index is -1.41. The van der Waals surface area contributed by atoms with E-state index < -0.39 is 29.2 Å². The molecule has 1 unspecified atom stereocenters. The number of urea groups is 1. The molecule has 2 amide bonds. The first-order chi connectivity index (χ1) is 9.74. The van der Waals surface area contributed by atoms with E-state index in [0.29, 0.717) is 18.9 Å². The van der Waals surface area contributed by atoms with Crippen molar-refractivity contribution < 1.29 is 23.5 Å². The van der Waals surface area contributed by atoms with Gasteiger partial charge in [0.1, 0.15) is 11.4 Å². The van der Waals surface area contributed by atoms with Crippen LogP contribution in [0.5, 0.6) is 0 Å². The first kappa shape index (κ1) is 15.7. The molecule has 0 aliphatic heterocycles. The lowest BCUT2D eigenvalue weighted by Crippen LogP contribution is -2.55. The van der Waals surface area contributed by atoms with Gasteiger partial charge in [0.05, 0.1) is 5.69 Å². The maximum absolute atomic E-state index is 13.6. The van der Waals surface area contributed by atoms with E-state index >= 15 is 0 Å². The number of aliphatic carboxylic acids is 1. The van der Waals surface area contributed by atoms with E-state index in [1.807, 2.05) is 0 Å². The zero-order chi connectivity index (χ0) is 15.8. The number of carbonyl (C=O) groups excluding carboxylic acids is 1. The van der Waals surface area contributed by atoms with Gasteiger partial charge in [-0.15, -0.1) is 0 Å². The Morgan fingerprint density at radius 1 is 1.38 bits per heavy atom. The fourth-order valence-electron chi connectivity index (χ4n) is 2.03. The van der Waals surface area contributed by atoms with Crippen LogP contribution in [0.3, 0.4) is 0 Å². The van der Waals surface area contributed by atoms with Gasteiger partial charge in [0, 0.05) is 10.5 Å². The first-order valence-electron chi connectivity index (χ1n) is 6.21. The van der Waals surface area contributed by atoms with Crippen LogP contribution in [0.25, 0.3) is 0 Å². The molecule has 1 atom stereocenters. The van der Waals surface area contributed by atoms with Gasteiger partial charge in [-0.2, -0.15) is 0 Å². The van der Waals surface area contributed by atoms with Gasteiger partial charge in [-0.25, -0.2) is 18.4 Å². The number of halogens is 3. The monoisotopic (exact) mass is 362 g/mol. The average Bonchev–Trinajstić information content (AvgIpc) is 3.17. The Hall–Kier alpha value is -1.70. The number of carboxylic acids is 1. The highest BCUT2D eigenvalue weighted by Crippen LogP contribution is 2.39. The second kappa shape index (κ2) is 5.59. The lowest BCUT2D eigenvalue weighted by molar-refractivity contribution is -0.144. The van der Waals surface area contributed by atoms with Crippen LogP contribution in [0.2, 0.25) is 0 Å². The Balaban J connectivity index is 2.13. The van der Waals surface area contributed by atoms with E-state index in [1.54, 1.807) is 0 Å². The second-order valence-electron chi connectivity index (χ2n) is 5.11. The number of hydrogen-bond acceptors (Lipinski definition) is 2. The number of hydrogen-bond donors (Lipinski definition) is 3. The van der Waals surface area contributed by atoms with E-state index in [-0.39, 0.29) is 16.1 Å². The van der Waals surface area contributed by atoms with Crippen molar-refractivity contribution in [3.8, 4) is 0 Å². The van der Waals surface area contributed by atoms with E-state index in [2.05, 4.69) is 26.6 Å². The summed E-state index contributed by atoms with van der Waals surface area (Å²) in [6, 6.07) is 0.756. The highest BCUT2D eigenvalue weighted by molar-refractivity contribution is 9.10. The van der Waals surface area contributed by atoms with Crippen LogP contribution in [0, 0.1) is 17.6 Å². The molecule has 1 aliphatic rings. The minimum absolute atomic E-state index is 0.0265. The Kier molecular flexibility index (Phi) is 4.18. The van der Waals surface area contributed by atoms with Crippen molar-refractivity contribution >= 4 is 33.6 Å². The molecule has 0 saturated heterocycles. The molecule has 5 nitrogen and oxygen atoms in total. The quantitative estimate of drug-likeness (QED) is 0.769. The van der Waals surface area contributed by atoms with Crippen molar-refractivity contribution in [3.63, 3.8) is 0 Å². The number of carbonyl (C=O) groups is 2. The maximum atomic E-state index is 13.6. The third-order valence-electron chi connectivity index (χ3n) is 3.46. The summed E-state index contributed by atoms with van der Waals surface area (Å²) in [5.74, 6) is -3.06. The fraction of sp³-hybridized carbons (Fsp3) is 0.385. The van der Waals surface area contributed by atoms with Gasteiger partial charge in [-0.1, -0.05) is 0 Å². The van der Waals surface area contributed by atoms with Gasteiger partial charge in [-0.3, -0.25) is 0 Å². The molecule has 21 heavy (non-hydrogen) atoms. The van der Waals surface area contributed by atoms with Crippen molar-refractivity contribution in [2.75, 3.05) is 5.32 Å². The Morgan fingerprint density at radius 2 is 2.00 bits per heavy atom. The molecule has 1 aromatic carbocycles. The van der Waals surface area contributed by atoms with Gasteiger partial charge in [0.15, 0.2) is 5.82 Å². The van der Waals surface area contributed by atoms with Crippen LogP contribution in [0.15, 0.2) is 16.6 Å². The molecule has 114 valence electrons. The molecule has 3 N–H and O–H groups in total. The molecular formula is C13H13BrF2N2O3. The summed E-state index contributed by atoms with van der Waals surface area (Å²) in [6.07, 6.45) is 1.41. The third-order valence-corrected chi connectivity index (χ3v) is 4.08. The highest BCUT2D eigenvalue weighted by Gasteiger charge is 2.48. The molecule has 1 aliphatic carbocycles. The molecule has 0 spiro atoms. The molecule has 1 saturated carbocycles. The second-order valence-corrected chi connectivity index (χ2v) is 5.96. The minimum Gasteiger partial charge on any atom is -0.480 e. The predicted molar refractivity (Wildman–Crippen MR) is 75.0 cm³/mol. The number of carboxylic acid groups (broad SMARTS) is 1.